The molecule has 0 heterocycles. The van der Waals surface area contributed by atoms with E-state index in [1.165, 1.54) is 11.1 Å². The van der Waals surface area contributed by atoms with Crippen LogP contribution in [0.2, 0.25) is 0 Å². The number of alkyl halides is 1. The Kier molecular flexibility index (Phi) is 2.51. The van der Waals surface area contributed by atoms with Gasteiger partial charge in [0, 0.05) is 11.8 Å². The van der Waals surface area contributed by atoms with E-state index in [1.807, 2.05) is 12.1 Å². The van der Waals surface area contributed by atoms with Gasteiger partial charge in [0.05, 0.1) is 0 Å². The van der Waals surface area contributed by atoms with Crippen LogP contribution in [0.4, 0.5) is 0 Å². The molecule has 0 aromatic heterocycles. The summed E-state index contributed by atoms with van der Waals surface area (Å²) in [7, 11) is 0. The second kappa shape index (κ2) is 3.80. The first-order valence-electron chi connectivity index (χ1n) is 4.33. The Morgan fingerprint density at radius 2 is 2.23 bits per heavy atom. The van der Waals surface area contributed by atoms with Crippen LogP contribution in [0.3, 0.4) is 0 Å². The maximum atomic E-state index is 5.59. The zero-order chi connectivity index (χ0) is 9.10. The second-order valence-corrected chi connectivity index (χ2v) is 3.32. The quantitative estimate of drug-likeness (QED) is 0.495. The van der Waals surface area contributed by atoms with Crippen LogP contribution < -0.4 is 0 Å². The van der Waals surface area contributed by atoms with Gasteiger partial charge in [-0.3, -0.25) is 0 Å². The van der Waals surface area contributed by atoms with Crippen molar-refractivity contribution < 1.29 is 0 Å². The molecule has 1 aromatic carbocycles. The molecular weight excluding hydrogens is 180 g/mol. The molecule has 1 heteroatoms. The maximum Gasteiger partial charge on any atom is 0.0404 e. The van der Waals surface area contributed by atoms with Crippen LogP contribution in [0.25, 0.3) is 0 Å². The molecule has 1 atom stereocenters. The lowest BCUT2D eigenvalue weighted by Crippen LogP contribution is -1.87. The maximum absolute atomic E-state index is 5.59. The molecular formula is C12H10Cl. The molecule has 13 heavy (non-hydrogen) atoms. The van der Waals surface area contributed by atoms with E-state index in [0.717, 1.165) is 0 Å². The van der Waals surface area contributed by atoms with Crippen molar-refractivity contribution in [3.05, 3.63) is 59.7 Å². The first kappa shape index (κ1) is 8.58. The van der Waals surface area contributed by atoms with Crippen molar-refractivity contribution in [1.82, 2.24) is 0 Å². The summed E-state index contributed by atoms with van der Waals surface area (Å²) >= 11 is 5.59. The van der Waals surface area contributed by atoms with E-state index in [-0.39, 0.29) is 0 Å². The highest BCUT2D eigenvalue weighted by Crippen LogP contribution is 2.28. The molecule has 1 unspecified atom stereocenters. The van der Waals surface area contributed by atoms with Gasteiger partial charge in [0.2, 0.25) is 0 Å². The van der Waals surface area contributed by atoms with Gasteiger partial charge >= 0.3 is 0 Å². The SMILES string of the molecule is ClC/C=C/C1C=[C]c2ccccc21. The molecule has 0 bridgehead atoms. The Labute approximate surface area is 83.5 Å². The predicted octanol–water partition coefficient (Wildman–Crippen LogP) is 3.29. The van der Waals surface area contributed by atoms with Crippen LogP contribution in [-0.2, 0) is 0 Å². The lowest BCUT2D eigenvalue weighted by atomic mass is 10.0. The molecule has 0 fully saturated rings. The first-order chi connectivity index (χ1) is 6.42. The minimum Gasteiger partial charge on any atom is -0.122 e. The van der Waals surface area contributed by atoms with Gasteiger partial charge in [-0.05, 0) is 17.2 Å². The van der Waals surface area contributed by atoms with Gasteiger partial charge in [0.25, 0.3) is 0 Å². The molecule has 0 saturated carbocycles. The molecule has 0 aliphatic heterocycles. The zero-order valence-electron chi connectivity index (χ0n) is 7.20. The Morgan fingerprint density at radius 3 is 3.08 bits per heavy atom. The van der Waals surface area contributed by atoms with Gasteiger partial charge < -0.3 is 0 Å². The molecule has 0 saturated heterocycles. The van der Waals surface area contributed by atoms with Gasteiger partial charge in [-0.2, -0.15) is 0 Å². The minimum absolute atomic E-state index is 0.370. The zero-order valence-corrected chi connectivity index (χ0v) is 7.96. The molecule has 1 radical (unpaired) electrons. The molecule has 1 aliphatic rings. The monoisotopic (exact) mass is 189 g/mol. The molecule has 2 rings (SSSR count). The van der Waals surface area contributed by atoms with Crippen LogP contribution in [-0.4, -0.2) is 5.88 Å². The lowest BCUT2D eigenvalue weighted by molar-refractivity contribution is 1.11. The van der Waals surface area contributed by atoms with E-state index >= 15 is 0 Å². The fourth-order valence-corrected chi connectivity index (χ4v) is 1.65. The Balaban J connectivity index is 2.28. The molecule has 0 N–H and O–H groups in total. The van der Waals surface area contributed by atoms with E-state index < -0.39 is 0 Å². The van der Waals surface area contributed by atoms with Gasteiger partial charge in [0.15, 0.2) is 0 Å². The van der Waals surface area contributed by atoms with Crippen LogP contribution in [0.15, 0.2) is 42.5 Å². The third-order valence-corrected chi connectivity index (χ3v) is 2.35. The Hall–Kier alpha value is -1.01. The smallest absolute Gasteiger partial charge is 0.0404 e. The number of halogens is 1. The average molecular weight is 190 g/mol. The van der Waals surface area contributed by atoms with Crippen molar-refractivity contribution in [2.45, 2.75) is 5.92 Å². The number of rotatable bonds is 2. The Bertz CT molecular complexity index is 350. The minimum atomic E-state index is 0.370. The first-order valence-corrected chi connectivity index (χ1v) is 4.86. The third-order valence-electron chi connectivity index (χ3n) is 2.17. The highest BCUT2D eigenvalue weighted by Gasteiger charge is 2.13. The molecule has 0 spiro atoms. The van der Waals surface area contributed by atoms with Crippen LogP contribution in [0.1, 0.15) is 17.0 Å². The number of allylic oxidation sites excluding steroid dienone is 3. The molecule has 65 valence electrons. The summed E-state index contributed by atoms with van der Waals surface area (Å²) in [5, 5.41) is 0. The predicted molar refractivity (Wildman–Crippen MR) is 56.0 cm³/mol. The van der Waals surface area contributed by atoms with Crippen molar-refractivity contribution >= 4 is 11.6 Å². The third kappa shape index (κ3) is 1.68. The van der Waals surface area contributed by atoms with E-state index in [0.29, 0.717) is 11.8 Å². The lowest BCUT2D eigenvalue weighted by Gasteiger charge is -2.04. The van der Waals surface area contributed by atoms with E-state index in [1.54, 1.807) is 0 Å². The summed E-state index contributed by atoms with van der Waals surface area (Å²) in [6, 6.07) is 8.31. The summed E-state index contributed by atoms with van der Waals surface area (Å²) in [5.41, 5.74) is 2.52. The molecule has 1 aliphatic carbocycles. The van der Waals surface area contributed by atoms with Gasteiger partial charge in [-0.15, -0.1) is 11.6 Å². The Morgan fingerprint density at radius 1 is 1.38 bits per heavy atom. The summed E-state index contributed by atoms with van der Waals surface area (Å²) in [6.45, 7) is 0. The molecule has 0 nitrogen and oxygen atoms in total. The molecule has 0 amide bonds. The van der Waals surface area contributed by atoms with Gasteiger partial charge in [0.1, 0.15) is 0 Å². The second-order valence-electron chi connectivity index (χ2n) is 3.01. The van der Waals surface area contributed by atoms with Crippen molar-refractivity contribution in [2.24, 2.45) is 0 Å². The highest BCUT2D eigenvalue weighted by atomic mass is 35.5. The van der Waals surface area contributed by atoms with Crippen molar-refractivity contribution in [3.63, 3.8) is 0 Å². The number of benzene rings is 1. The summed E-state index contributed by atoms with van der Waals surface area (Å²) in [6.07, 6.45) is 9.41. The summed E-state index contributed by atoms with van der Waals surface area (Å²) in [4.78, 5) is 0. The number of hydrogen-bond donors (Lipinski definition) is 0. The van der Waals surface area contributed by atoms with E-state index in [4.69, 9.17) is 11.6 Å². The fourth-order valence-electron chi connectivity index (χ4n) is 1.55. The number of hydrogen-bond acceptors (Lipinski definition) is 0. The normalized spacial score (nSPS) is 19.6. The van der Waals surface area contributed by atoms with Crippen molar-refractivity contribution in [3.8, 4) is 0 Å². The number of fused-ring (bicyclic) bond motifs is 1. The summed E-state index contributed by atoms with van der Waals surface area (Å²) in [5.74, 6) is 0.946. The average Bonchev–Trinajstić information content (AvgIpc) is 2.58. The van der Waals surface area contributed by atoms with E-state index in [2.05, 4.69) is 36.4 Å². The summed E-state index contributed by atoms with van der Waals surface area (Å²) < 4.78 is 0. The largest absolute Gasteiger partial charge is 0.122 e. The fraction of sp³-hybridized carbons (Fsp3) is 0.167. The highest BCUT2D eigenvalue weighted by molar-refractivity contribution is 6.18. The van der Waals surface area contributed by atoms with Crippen molar-refractivity contribution in [2.75, 3.05) is 5.88 Å². The topological polar surface area (TPSA) is 0 Å². The van der Waals surface area contributed by atoms with Gasteiger partial charge in [-0.25, -0.2) is 0 Å². The van der Waals surface area contributed by atoms with Crippen molar-refractivity contribution in [1.29, 1.82) is 0 Å². The van der Waals surface area contributed by atoms with Crippen LogP contribution >= 0.6 is 11.6 Å². The van der Waals surface area contributed by atoms with Crippen LogP contribution in [0, 0.1) is 6.08 Å². The standard InChI is InChI=1S/C12H10Cl/c13-9-3-5-11-8-7-10-4-1-2-6-12(10)11/h1-6,8,11H,9H2/b5-3+. The van der Waals surface area contributed by atoms with Crippen LogP contribution in [0.5, 0.6) is 0 Å². The van der Waals surface area contributed by atoms with E-state index in [9.17, 15) is 0 Å². The molecule has 1 aromatic rings. The van der Waals surface area contributed by atoms with Gasteiger partial charge in [-0.1, -0.05) is 42.5 Å².